The van der Waals surface area contributed by atoms with Crippen molar-refractivity contribution in [1.82, 2.24) is 15.0 Å². The third kappa shape index (κ3) is 16.0. The van der Waals surface area contributed by atoms with E-state index < -0.39 is 0 Å². The van der Waals surface area contributed by atoms with Crippen molar-refractivity contribution >= 4 is 13.9 Å². The van der Waals surface area contributed by atoms with Crippen LogP contribution in [0.2, 0.25) is 0 Å². The molecule has 33 heavy (non-hydrogen) atoms. The Hall–Kier alpha value is -1.36. The van der Waals surface area contributed by atoms with Crippen LogP contribution in [0.1, 0.15) is 32.6 Å². The van der Waals surface area contributed by atoms with Crippen LogP contribution in [0.3, 0.4) is 0 Å². The highest BCUT2D eigenvalue weighted by Gasteiger charge is 2.11. The molecule has 0 unspecified atom stereocenters. The largest absolute Gasteiger partial charge is 0.463 e. The van der Waals surface area contributed by atoms with Gasteiger partial charge in [0.25, 0.3) is 0 Å². The van der Waals surface area contributed by atoms with Gasteiger partial charge in [0.05, 0.1) is 33.0 Å². The molecule has 0 spiro atoms. The number of aliphatic hydroxyl groups excluding tert-OH is 3. The smallest absolute Gasteiger partial charge is 0.324 e. The van der Waals surface area contributed by atoms with Crippen molar-refractivity contribution in [3.05, 3.63) is 0 Å². The summed E-state index contributed by atoms with van der Waals surface area (Å²) in [5, 5.41) is 30.0. The number of ether oxygens (including phenoxy) is 4. The molecule has 0 radical (unpaired) electrons. The van der Waals surface area contributed by atoms with Crippen LogP contribution in [0.4, 0.5) is 5.95 Å². The molecule has 4 N–H and O–H groups in total. The Morgan fingerprint density at radius 1 is 0.697 bits per heavy atom. The highest BCUT2D eigenvalue weighted by Crippen LogP contribution is 2.37. The molecular formula is C21H41N4O7P. The van der Waals surface area contributed by atoms with Gasteiger partial charge in [0, 0.05) is 26.4 Å². The average molecular weight is 493 g/mol. The van der Waals surface area contributed by atoms with E-state index in [0.29, 0.717) is 45.5 Å². The number of hydrogen-bond acceptors (Lipinski definition) is 11. The minimum atomic E-state index is -0.228. The third-order valence-electron chi connectivity index (χ3n) is 4.28. The topological polar surface area (TPSA) is 148 Å². The molecule has 0 fully saturated rings. The van der Waals surface area contributed by atoms with Crippen molar-refractivity contribution in [3.63, 3.8) is 0 Å². The zero-order valence-corrected chi connectivity index (χ0v) is 20.7. The molecule has 0 saturated heterocycles. The molecule has 0 aliphatic rings. The molecule has 192 valence electrons. The summed E-state index contributed by atoms with van der Waals surface area (Å²) >= 11 is 0. The van der Waals surface area contributed by atoms with E-state index in [1.165, 1.54) is 0 Å². The van der Waals surface area contributed by atoms with Gasteiger partial charge in [-0.15, -0.1) is 12.9 Å². The molecule has 12 heteroatoms. The Labute approximate surface area is 198 Å². The summed E-state index contributed by atoms with van der Waals surface area (Å²) in [5.41, 5.74) is 0. The summed E-state index contributed by atoms with van der Waals surface area (Å²) in [5.74, 6) is 0.324. The Morgan fingerprint density at radius 2 is 1.33 bits per heavy atom. The highest BCUT2D eigenvalue weighted by atomic mass is 31.1. The summed E-state index contributed by atoms with van der Waals surface area (Å²) in [6.45, 7) is 5.45. The second-order valence-corrected chi connectivity index (χ2v) is 9.83. The minimum Gasteiger partial charge on any atom is -0.463 e. The number of hydrogen-bond donors (Lipinski definition) is 4. The van der Waals surface area contributed by atoms with Gasteiger partial charge in [0.2, 0.25) is 5.95 Å². The Kier molecular flexibility index (Phi) is 19.1. The van der Waals surface area contributed by atoms with E-state index in [2.05, 4.69) is 20.3 Å². The van der Waals surface area contributed by atoms with E-state index in [-0.39, 0.29) is 46.4 Å². The van der Waals surface area contributed by atoms with Crippen molar-refractivity contribution in [2.75, 3.05) is 89.8 Å². The first-order valence-electron chi connectivity index (χ1n) is 11.7. The molecule has 0 aliphatic heterocycles. The number of aromatic nitrogens is 3. The van der Waals surface area contributed by atoms with Gasteiger partial charge in [-0.3, -0.25) is 0 Å². The van der Waals surface area contributed by atoms with E-state index in [1.807, 2.05) is 6.92 Å². The first-order valence-corrected chi connectivity index (χ1v) is 13.6. The average Bonchev–Trinajstić information content (AvgIpc) is 2.82. The molecule has 1 aromatic rings. The van der Waals surface area contributed by atoms with Crippen LogP contribution < -0.4 is 14.8 Å². The molecule has 0 atom stereocenters. The predicted octanol–water partition coefficient (Wildman–Crippen LogP) is 1.11. The first kappa shape index (κ1) is 29.7. The van der Waals surface area contributed by atoms with Gasteiger partial charge in [0.1, 0.15) is 6.61 Å². The molecule has 0 aromatic carbocycles. The second-order valence-electron chi connectivity index (χ2n) is 7.15. The highest BCUT2D eigenvalue weighted by molar-refractivity contribution is 7.57. The quantitative estimate of drug-likeness (QED) is 0.129. The van der Waals surface area contributed by atoms with Crippen molar-refractivity contribution in [2.45, 2.75) is 32.6 Å². The normalized spacial score (nSPS) is 11.2. The Bertz CT molecular complexity index is 549. The SMILES string of the molecule is CCCOCCOc1nc(NCCOCCO)nc(OCCCP(CCCO)CCCO)n1. The molecule has 1 heterocycles. The lowest BCUT2D eigenvalue weighted by Gasteiger charge is -2.17. The Morgan fingerprint density at radius 3 is 1.97 bits per heavy atom. The molecule has 0 bridgehead atoms. The van der Waals surface area contributed by atoms with Gasteiger partial charge in [0.15, 0.2) is 0 Å². The van der Waals surface area contributed by atoms with Crippen LogP contribution in [-0.2, 0) is 9.47 Å². The molecule has 0 aliphatic carbocycles. The standard InChI is InChI=1S/C21H41N4O7P/c1-2-10-29-14-15-32-21-24-19(22-6-12-30-13-9-28)23-20(25-21)31-11-5-18-33(16-3-7-26)17-4-8-27/h26-28H,2-18H2,1H3,(H,22,23,24,25). The maximum Gasteiger partial charge on any atom is 0.324 e. The summed E-state index contributed by atoms with van der Waals surface area (Å²) in [6.07, 6.45) is 6.39. The summed E-state index contributed by atoms with van der Waals surface area (Å²) in [7, 11) is -0.228. The maximum atomic E-state index is 9.09. The van der Waals surface area contributed by atoms with E-state index >= 15 is 0 Å². The van der Waals surface area contributed by atoms with Gasteiger partial charge in [-0.2, -0.15) is 9.97 Å². The lowest BCUT2D eigenvalue weighted by molar-refractivity contribution is 0.0964. The molecule has 1 rings (SSSR count). The van der Waals surface area contributed by atoms with Gasteiger partial charge in [-0.1, -0.05) is 6.92 Å². The van der Waals surface area contributed by atoms with Crippen LogP contribution in [-0.4, -0.2) is 115 Å². The van der Waals surface area contributed by atoms with Crippen LogP contribution in [0, 0.1) is 0 Å². The van der Waals surface area contributed by atoms with Crippen molar-refractivity contribution in [1.29, 1.82) is 0 Å². The zero-order valence-electron chi connectivity index (χ0n) is 19.8. The predicted molar refractivity (Wildman–Crippen MR) is 128 cm³/mol. The van der Waals surface area contributed by atoms with Crippen LogP contribution in [0.25, 0.3) is 0 Å². The Balaban J connectivity index is 2.57. The molecule has 11 nitrogen and oxygen atoms in total. The lowest BCUT2D eigenvalue weighted by atomic mass is 10.5. The van der Waals surface area contributed by atoms with Crippen LogP contribution in [0.15, 0.2) is 0 Å². The summed E-state index contributed by atoms with van der Waals surface area (Å²) in [4.78, 5) is 12.8. The van der Waals surface area contributed by atoms with Gasteiger partial charge < -0.3 is 39.6 Å². The number of aliphatic hydroxyl groups is 3. The zero-order chi connectivity index (χ0) is 24.0. The number of rotatable bonds is 23. The minimum absolute atomic E-state index is 0.0238. The maximum absolute atomic E-state index is 9.09. The number of anilines is 1. The van der Waals surface area contributed by atoms with Gasteiger partial charge in [-0.05, 0) is 44.2 Å². The van der Waals surface area contributed by atoms with Crippen LogP contribution in [0.5, 0.6) is 12.0 Å². The van der Waals surface area contributed by atoms with Crippen molar-refractivity contribution in [2.24, 2.45) is 0 Å². The van der Waals surface area contributed by atoms with Crippen molar-refractivity contribution < 1.29 is 34.3 Å². The monoisotopic (exact) mass is 492 g/mol. The molecule has 1 aromatic heterocycles. The molecular weight excluding hydrogens is 451 g/mol. The second kappa shape index (κ2) is 21.2. The van der Waals surface area contributed by atoms with Gasteiger partial charge >= 0.3 is 12.0 Å². The van der Waals surface area contributed by atoms with E-state index in [9.17, 15) is 0 Å². The van der Waals surface area contributed by atoms with E-state index in [4.69, 9.17) is 34.3 Å². The fraction of sp³-hybridized carbons (Fsp3) is 0.857. The van der Waals surface area contributed by atoms with Crippen molar-refractivity contribution in [3.8, 4) is 12.0 Å². The molecule has 0 saturated carbocycles. The van der Waals surface area contributed by atoms with Gasteiger partial charge in [-0.25, -0.2) is 0 Å². The first-order chi connectivity index (χ1) is 16.2. The fourth-order valence-electron chi connectivity index (χ4n) is 2.76. The molecule has 0 amide bonds. The number of nitrogens with zero attached hydrogens (tertiary/aromatic N) is 3. The summed E-state index contributed by atoms with van der Waals surface area (Å²) in [6, 6.07) is 0.343. The van der Waals surface area contributed by atoms with E-state index in [1.54, 1.807) is 0 Å². The number of nitrogens with one attached hydrogen (secondary N) is 1. The van der Waals surface area contributed by atoms with E-state index in [0.717, 1.165) is 44.2 Å². The van der Waals surface area contributed by atoms with Crippen LogP contribution >= 0.6 is 7.92 Å². The lowest BCUT2D eigenvalue weighted by Crippen LogP contribution is -2.16. The third-order valence-corrected chi connectivity index (χ3v) is 7.13. The fourth-order valence-corrected chi connectivity index (χ4v) is 5.19. The summed E-state index contributed by atoms with van der Waals surface area (Å²) < 4.78 is 22.0.